The number of aliphatic imine (C=N–C) groups is 1. The van der Waals surface area contributed by atoms with Gasteiger partial charge >= 0.3 is 0 Å². The van der Waals surface area contributed by atoms with Crippen LogP contribution >= 0.6 is 23.4 Å². The van der Waals surface area contributed by atoms with Crippen molar-refractivity contribution < 1.29 is 13.2 Å². The van der Waals surface area contributed by atoms with Crippen molar-refractivity contribution in [2.45, 2.75) is 17.7 Å². The van der Waals surface area contributed by atoms with Crippen LogP contribution in [0.15, 0.2) is 53.5 Å². The topological polar surface area (TPSA) is 70.0 Å². The summed E-state index contributed by atoms with van der Waals surface area (Å²) in [6, 6.07) is 14.7. The van der Waals surface area contributed by atoms with Crippen LogP contribution in [0.3, 0.4) is 0 Å². The van der Waals surface area contributed by atoms with Gasteiger partial charge in [-0.25, -0.2) is 8.42 Å². The standard InChI is InChI=1S/C21H22ClN3O3S2/c1-24(2)16-7-9-17(10-8-16)25-18-12-30(27,28)13-19(18)29-21(25)23-20(26)11-14-3-5-15(22)6-4-14/h3-10,18-19H,11-13H2,1-2H3. The third-order valence-corrected chi connectivity index (χ3v) is 8.66. The number of anilines is 2. The molecule has 2 heterocycles. The number of nitrogens with zero attached hydrogens (tertiary/aromatic N) is 3. The molecule has 0 aliphatic carbocycles. The molecule has 6 nitrogen and oxygen atoms in total. The molecule has 1 amide bonds. The molecule has 2 aliphatic heterocycles. The van der Waals surface area contributed by atoms with Crippen LogP contribution in [0.5, 0.6) is 0 Å². The first kappa shape index (κ1) is 21.2. The molecule has 0 radical (unpaired) electrons. The van der Waals surface area contributed by atoms with Crippen molar-refractivity contribution in [3.63, 3.8) is 0 Å². The molecule has 0 spiro atoms. The Morgan fingerprint density at radius 2 is 1.80 bits per heavy atom. The maximum absolute atomic E-state index is 12.6. The molecular formula is C21H22ClN3O3S2. The lowest BCUT2D eigenvalue weighted by Crippen LogP contribution is -2.37. The Kier molecular flexibility index (Phi) is 5.83. The van der Waals surface area contributed by atoms with Gasteiger partial charge in [0.1, 0.15) is 0 Å². The molecule has 2 atom stereocenters. The van der Waals surface area contributed by atoms with Gasteiger partial charge in [-0.05, 0) is 42.0 Å². The van der Waals surface area contributed by atoms with Gasteiger partial charge in [0.15, 0.2) is 15.0 Å². The van der Waals surface area contributed by atoms with Crippen LogP contribution in [0.1, 0.15) is 5.56 Å². The summed E-state index contributed by atoms with van der Waals surface area (Å²) in [5, 5.41) is 1.06. The van der Waals surface area contributed by atoms with E-state index in [1.165, 1.54) is 11.8 Å². The Hall–Kier alpha value is -2.03. The highest BCUT2D eigenvalue weighted by molar-refractivity contribution is 8.16. The van der Waals surface area contributed by atoms with E-state index in [4.69, 9.17) is 11.6 Å². The monoisotopic (exact) mass is 463 g/mol. The van der Waals surface area contributed by atoms with Gasteiger partial charge in [0.05, 0.1) is 24.0 Å². The second kappa shape index (κ2) is 8.24. The number of hydrogen-bond acceptors (Lipinski definition) is 5. The highest BCUT2D eigenvalue weighted by atomic mass is 35.5. The number of hydrogen-bond donors (Lipinski definition) is 0. The van der Waals surface area contributed by atoms with E-state index in [1.54, 1.807) is 24.3 Å². The first-order chi connectivity index (χ1) is 14.2. The number of fused-ring (bicyclic) bond motifs is 1. The molecule has 0 aromatic heterocycles. The van der Waals surface area contributed by atoms with Gasteiger partial charge in [0.2, 0.25) is 0 Å². The molecule has 30 heavy (non-hydrogen) atoms. The molecule has 2 saturated heterocycles. The zero-order chi connectivity index (χ0) is 21.5. The van der Waals surface area contributed by atoms with E-state index >= 15 is 0 Å². The van der Waals surface area contributed by atoms with Crippen LogP contribution in [-0.2, 0) is 21.1 Å². The Bertz CT molecular complexity index is 1080. The molecule has 2 unspecified atom stereocenters. The van der Waals surface area contributed by atoms with Crippen LogP contribution < -0.4 is 9.80 Å². The number of carbonyl (C=O) groups is 1. The van der Waals surface area contributed by atoms with E-state index in [9.17, 15) is 13.2 Å². The number of amides is 1. The summed E-state index contributed by atoms with van der Waals surface area (Å²) in [6.45, 7) is 0. The minimum atomic E-state index is -3.10. The summed E-state index contributed by atoms with van der Waals surface area (Å²) in [5.74, 6) is -0.0821. The minimum absolute atomic E-state index is 0.0739. The fourth-order valence-electron chi connectivity index (χ4n) is 3.70. The largest absolute Gasteiger partial charge is 0.378 e. The molecular weight excluding hydrogens is 442 g/mol. The van der Waals surface area contributed by atoms with Crippen LogP contribution in [-0.4, -0.2) is 56.4 Å². The maximum Gasteiger partial charge on any atom is 0.252 e. The smallest absolute Gasteiger partial charge is 0.252 e. The summed E-state index contributed by atoms with van der Waals surface area (Å²) >= 11 is 7.29. The molecule has 2 aliphatic rings. The minimum Gasteiger partial charge on any atom is -0.378 e. The second-order valence-corrected chi connectivity index (χ2v) is 11.5. The quantitative estimate of drug-likeness (QED) is 0.693. The Morgan fingerprint density at radius 1 is 1.13 bits per heavy atom. The molecule has 2 aromatic carbocycles. The third kappa shape index (κ3) is 4.50. The van der Waals surface area contributed by atoms with E-state index in [2.05, 4.69) is 4.99 Å². The predicted molar refractivity (Wildman–Crippen MR) is 125 cm³/mol. The first-order valence-corrected chi connectivity index (χ1v) is 12.6. The summed E-state index contributed by atoms with van der Waals surface area (Å²) in [4.78, 5) is 20.9. The van der Waals surface area contributed by atoms with Crippen molar-refractivity contribution in [1.29, 1.82) is 0 Å². The van der Waals surface area contributed by atoms with Crippen LogP contribution in [0, 0.1) is 0 Å². The van der Waals surface area contributed by atoms with E-state index in [0.717, 1.165) is 16.9 Å². The molecule has 9 heteroatoms. The van der Waals surface area contributed by atoms with Gasteiger partial charge in [-0.15, -0.1) is 0 Å². The lowest BCUT2D eigenvalue weighted by atomic mass is 10.1. The van der Waals surface area contributed by atoms with Crippen LogP contribution in [0.4, 0.5) is 11.4 Å². The Morgan fingerprint density at radius 3 is 2.43 bits per heavy atom. The van der Waals surface area contributed by atoms with Crippen molar-refractivity contribution in [2.24, 2.45) is 4.99 Å². The molecule has 158 valence electrons. The first-order valence-electron chi connectivity index (χ1n) is 9.51. The molecule has 0 N–H and O–H groups in total. The second-order valence-electron chi connectivity index (χ2n) is 7.67. The molecule has 0 saturated carbocycles. The van der Waals surface area contributed by atoms with Gasteiger partial charge in [-0.1, -0.05) is 35.5 Å². The fraction of sp³-hybridized carbons (Fsp3) is 0.333. The van der Waals surface area contributed by atoms with Crippen molar-refractivity contribution in [2.75, 3.05) is 35.4 Å². The number of carbonyl (C=O) groups excluding carboxylic acids is 1. The predicted octanol–water partition coefficient (Wildman–Crippen LogP) is 3.25. The lowest BCUT2D eigenvalue weighted by molar-refractivity contribution is -0.117. The number of benzene rings is 2. The van der Waals surface area contributed by atoms with Gasteiger partial charge < -0.3 is 9.80 Å². The fourth-order valence-corrected chi connectivity index (χ4v) is 7.76. The highest BCUT2D eigenvalue weighted by Crippen LogP contribution is 2.41. The van der Waals surface area contributed by atoms with Crippen LogP contribution in [0.25, 0.3) is 0 Å². The Labute approximate surface area is 185 Å². The zero-order valence-electron chi connectivity index (χ0n) is 16.7. The number of thioether (sulfide) groups is 1. The molecule has 2 aromatic rings. The average Bonchev–Trinajstić information content (AvgIpc) is 3.14. The number of rotatable bonds is 4. The summed E-state index contributed by atoms with van der Waals surface area (Å²) in [6.07, 6.45) is 0.169. The number of halogens is 1. The molecule has 4 rings (SSSR count). The third-order valence-electron chi connectivity index (χ3n) is 5.20. The van der Waals surface area contributed by atoms with Crippen molar-refractivity contribution >= 4 is 55.6 Å². The average molecular weight is 464 g/mol. The summed E-state index contributed by atoms with van der Waals surface area (Å²) < 4.78 is 24.4. The number of amidine groups is 1. The van der Waals surface area contributed by atoms with Gasteiger partial charge in [0.25, 0.3) is 5.91 Å². The van der Waals surface area contributed by atoms with Crippen molar-refractivity contribution in [3.05, 3.63) is 59.1 Å². The number of sulfone groups is 1. The maximum atomic E-state index is 12.6. The van der Waals surface area contributed by atoms with Crippen molar-refractivity contribution in [3.8, 4) is 0 Å². The van der Waals surface area contributed by atoms with Crippen LogP contribution in [0.2, 0.25) is 5.02 Å². The lowest BCUT2D eigenvalue weighted by Gasteiger charge is -2.25. The summed E-state index contributed by atoms with van der Waals surface area (Å²) in [5.41, 5.74) is 2.72. The van der Waals surface area contributed by atoms with Gasteiger partial charge in [-0.2, -0.15) is 4.99 Å². The van der Waals surface area contributed by atoms with Crippen molar-refractivity contribution in [1.82, 2.24) is 0 Å². The van der Waals surface area contributed by atoms with Gasteiger partial charge in [0, 0.05) is 35.7 Å². The van der Waals surface area contributed by atoms with E-state index < -0.39 is 9.84 Å². The SMILES string of the molecule is CN(C)c1ccc(N2C(=NC(=O)Cc3ccc(Cl)cc3)SC3CS(=O)(=O)CC32)cc1. The molecule has 2 fully saturated rings. The summed E-state index contributed by atoms with van der Waals surface area (Å²) in [7, 11) is 0.826. The molecule has 0 bridgehead atoms. The highest BCUT2D eigenvalue weighted by Gasteiger charge is 2.49. The normalized spacial score (nSPS) is 23.6. The zero-order valence-corrected chi connectivity index (χ0v) is 19.0. The Balaban J connectivity index is 1.62. The van der Waals surface area contributed by atoms with E-state index in [-0.39, 0.29) is 35.1 Å². The van der Waals surface area contributed by atoms with Gasteiger partial charge in [-0.3, -0.25) is 4.79 Å². The van der Waals surface area contributed by atoms with E-state index in [1.807, 2.05) is 48.2 Å². The van der Waals surface area contributed by atoms with E-state index in [0.29, 0.717) is 10.2 Å².